The molecule has 0 saturated heterocycles. The molecule has 2 rings (SSSR count). The van der Waals surface area contributed by atoms with E-state index in [2.05, 4.69) is 0 Å². The van der Waals surface area contributed by atoms with Crippen LogP contribution in [0.2, 0.25) is 5.02 Å². The van der Waals surface area contributed by atoms with Crippen molar-refractivity contribution in [2.75, 3.05) is 0 Å². The Bertz CT molecular complexity index is 769. The molecule has 0 saturated carbocycles. The molecule has 0 aliphatic heterocycles. The Hall–Kier alpha value is -2.34. The van der Waals surface area contributed by atoms with E-state index in [1.807, 2.05) is 36.4 Å². The van der Waals surface area contributed by atoms with Gasteiger partial charge in [0.1, 0.15) is 11.6 Å². The van der Waals surface area contributed by atoms with E-state index in [-0.39, 0.29) is 5.57 Å². The quantitative estimate of drug-likeness (QED) is 0.333. The third-order valence-electron chi connectivity index (χ3n) is 2.86. The average Bonchev–Trinajstić information content (AvgIpc) is 2.53. The van der Waals surface area contributed by atoms with Gasteiger partial charge in [-0.05, 0) is 42.0 Å². The summed E-state index contributed by atoms with van der Waals surface area (Å²) in [5, 5.41) is 10.0. The second-order valence-corrected chi connectivity index (χ2v) is 5.32. The summed E-state index contributed by atoms with van der Waals surface area (Å²) in [5.41, 5.74) is 1.25. The smallest absolute Gasteiger partial charge is 0.203 e. The molecule has 0 unspecified atom stereocenters. The van der Waals surface area contributed by atoms with E-state index in [1.165, 1.54) is 6.08 Å². The summed E-state index contributed by atoms with van der Waals surface area (Å²) in [4.78, 5) is 12.3. The van der Waals surface area contributed by atoms with Crippen molar-refractivity contribution in [1.29, 1.82) is 5.26 Å². The van der Waals surface area contributed by atoms with Crippen LogP contribution in [0.1, 0.15) is 15.9 Å². The number of ketones is 1. The molecule has 108 valence electrons. The molecule has 0 atom stereocenters. The van der Waals surface area contributed by atoms with Crippen molar-refractivity contribution in [3.8, 4) is 6.07 Å². The fourth-order valence-corrected chi connectivity index (χ4v) is 2.15. The molecular weight excluding hydrogens is 317 g/mol. The number of benzene rings is 2. The topological polar surface area (TPSA) is 40.9 Å². The van der Waals surface area contributed by atoms with Crippen molar-refractivity contribution in [2.45, 2.75) is 0 Å². The highest BCUT2D eigenvalue weighted by Gasteiger charge is 2.12. The zero-order valence-electron chi connectivity index (χ0n) is 11.5. The number of Topliss-reactive ketones (excluding diaryl/α,β-unsaturated/α-hetero) is 1. The molecule has 2 aromatic carbocycles. The first-order valence-corrected chi connectivity index (χ1v) is 7.20. The van der Waals surface area contributed by atoms with Crippen LogP contribution in [0, 0.1) is 11.3 Å². The number of carbonyl (C=O) groups is 1. The highest BCUT2D eigenvalue weighted by atomic mass is 35.5. The minimum atomic E-state index is -0.390. The van der Waals surface area contributed by atoms with Crippen molar-refractivity contribution in [3.05, 3.63) is 87.4 Å². The first-order chi connectivity index (χ1) is 10.6. The molecular formula is C18H11Cl2NO. The molecule has 22 heavy (non-hydrogen) atoms. The molecule has 2 nitrogen and oxygen atoms in total. The molecule has 4 heteroatoms. The van der Waals surface area contributed by atoms with Crippen molar-refractivity contribution in [1.82, 2.24) is 0 Å². The Morgan fingerprint density at radius 1 is 1.05 bits per heavy atom. The van der Waals surface area contributed by atoms with Crippen LogP contribution in [-0.2, 0) is 0 Å². The lowest BCUT2D eigenvalue weighted by Gasteiger charge is -2.00. The maximum Gasteiger partial charge on any atom is 0.203 e. The number of halogens is 2. The Labute approximate surface area is 138 Å². The van der Waals surface area contributed by atoms with E-state index in [1.54, 1.807) is 30.3 Å². The van der Waals surface area contributed by atoms with Crippen LogP contribution in [0.25, 0.3) is 6.08 Å². The van der Waals surface area contributed by atoms with Gasteiger partial charge in [0.2, 0.25) is 5.78 Å². The Balaban J connectivity index is 2.27. The fraction of sp³-hybridized carbons (Fsp3) is 0. The van der Waals surface area contributed by atoms with Gasteiger partial charge in [-0.2, -0.15) is 5.26 Å². The molecule has 0 aliphatic carbocycles. The zero-order valence-corrected chi connectivity index (χ0v) is 13.0. The number of hydrogen-bond donors (Lipinski definition) is 0. The van der Waals surface area contributed by atoms with E-state index in [0.29, 0.717) is 15.6 Å². The Morgan fingerprint density at radius 2 is 1.68 bits per heavy atom. The van der Waals surface area contributed by atoms with Crippen LogP contribution < -0.4 is 0 Å². The van der Waals surface area contributed by atoms with Crippen molar-refractivity contribution in [3.63, 3.8) is 0 Å². The van der Waals surface area contributed by atoms with Gasteiger partial charge >= 0.3 is 0 Å². The summed E-state index contributed by atoms with van der Waals surface area (Å²) in [6.07, 6.45) is 3.06. The summed E-state index contributed by atoms with van der Waals surface area (Å²) >= 11 is 11.9. The molecule has 0 bridgehead atoms. The van der Waals surface area contributed by atoms with Crippen LogP contribution in [0.3, 0.4) is 0 Å². The van der Waals surface area contributed by atoms with Crippen LogP contribution in [0.5, 0.6) is 0 Å². The predicted octanol–water partition coefficient (Wildman–Crippen LogP) is 5.25. The van der Waals surface area contributed by atoms with Crippen LogP contribution in [-0.4, -0.2) is 5.78 Å². The van der Waals surface area contributed by atoms with E-state index in [0.717, 1.165) is 5.56 Å². The summed E-state index contributed by atoms with van der Waals surface area (Å²) in [7, 11) is 0. The van der Waals surface area contributed by atoms with Crippen molar-refractivity contribution in [2.24, 2.45) is 0 Å². The third kappa shape index (κ3) is 4.33. The van der Waals surface area contributed by atoms with Crippen LogP contribution >= 0.6 is 23.2 Å². The summed E-state index contributed by atoms with van der Waals surface area (Å²) in [6, 6.07) is 17.6. The zero-order chi connectivity index (χ0) is 15.9. The second kappa shape index (κ2) is 7.61. The fourth-order valence-electron chi connectivity index (χ4n) is 1.79. The molecule has 0 N–H and O–H groups in total. The molecule has 0 fully saturated rings. The standard InChI is InChI=1S/C18H11Cl2NO/c19-16-8-6-14(7-9-16)18(22)15(12-21)11-17(20)10-13-4-2-1-3-5-13/h1-11H/b15-11+,17-10-. The normalized spacial score (nSPS) is 11.9. The lowest BCUT2D eigenvalue weighted by atomic mass is 10.0. The first kappa shape index (κ1) is 16.0. The number of rotatable bonds is 4. The monoisotopic (exact) mass is 327 g/mol. The van der Waals surface area contributed by atoms with Gasteiger partial charge in [-0.1, -0.05) is 53.5 Å². The van der Waals surface area contributed by atoms with Crippen molar-refractivity contribution < 1.29 is 4.79 Å². The summed E-state index contributed by atoms with van der Waals surface area (Å²) < 4.78 is 0. The molecule has 0 aliphatic rings. The summed E-state index contributed by atoms with van der Waals surface area (Å²) in [5.74, 6) is -0.390. The molecule has 0 radical (unpaired) electrons. The third-order valence-corrected chi connectivity index (χ3v) is 3.33. The van der Waals surface area contributed by atoms with Gasteiger partial charge in [-0.15, -0.1) is 0 Å². The van der Waals surface area contributed by atoms with Gasteiger partial charge < -0.3 is 0 Å². The number of carbonyl (C=O) groups excluding carboxylic acids is 1. The van der Waals surface area contributed by atoms with Gasteiger partial charge in [-0.25, -0.2) is 0 Å². The predicted molar refractivity (Wildman–Crippen MR) is 89.8 cm³/mol. The summed E-state index contributed by atoms with van der Waals surface area (Å²) in [6.45, 7) is 0. The lowest BCUT2D eigenvalue weighted by molar-refractivity contribution is 0.103. The van der Waals surface area contributed by atoms with E-state index >= 15 is 0 Å². The van der Waals surface area contributed by atoms with Gasteiger partial charge in [-0.3, -0.25) is 4.79 Å². The van der Waals surface area contributed by atoms with E-state index in [4.69, 9.17) is 23.2 Å². The molecule has 2 aromatic rings. The van der Waals surface area contributed by atoms with E-state index < -0.39 is 5.78 Å². The highest BCUT2D eigenvalue weighted by Crippen LogP contribution is 2.17. The number of nitrogens with zero attached hydrogens (tertiary/aromatic N) is 1. The number of hydrogen-bond acceptors (Lipinski definition) is 2. The van der Waals surface area contributed by atoms with Gasteiger partial charge in [0, 0.05) is 15.6 Å². The van der Waals surface area contributed by atoms with Gasteiger partial charge in [0.05, 0.1) is 0 Å². The largest absolute Gasteiger partial charge is 0.288 e. The van der Waals surface area contributed by atoms with Crippen molar-refractivity contribution >= 4 is 35.1 Å². The maximum atomic E-state index is 12.3. The van der Waals surface area contributed by atoms with Crippen LogP contribution in [0.4, 0.5) is 0 Å². The average molecular weight is 328 g/mol. The molecule has 0 heterocycles. The van der Waals surface area contributed by atoms with Crippen LogP contribution in [0.15, 0.2) is 71.3 Å². The minimum Gasteiger partial charge on any atom is -0.288 e. The molecule has 0 amide bonds. The lowest BCUT2D eigenvalue weighted by Crippen LogP contribution is -2.01. The molecule has 0 spiro atoms. The Kier molecular flexibility index (Phi) is 5.55. The van der Waals surface area contributed by atoms with Gasteiger partial charge in [0.25, 0.3) is 0 Å². The number of allylic oxidation sites excluding steroid dienone is 3. The second-order valence-electron chi connectivity index (χ2n) is 4.45. The number of nitriles is 1. The molecule has 0 aromatic heterocycles. The Morgan fingerprint density at radius 3 is 2.27 bits per heavy atom. The highest BCUT2D eigenvalue weighted by molar-refractivity contribution is 6.34. The maximum absolute atomic E-state index is 12.3. The first-order valence-electron chi connectivity index (χ1n) is 6.44. The minimum absolute atomic E-state index is 0.0282. The van der Waals surface area contributed by atoms with Gasteiger partial charge in [0.15, 0.2) is 0 Å². The SMILES string of the molecule is N#C/C(=C\C(Cl)=C\c1ccccc1)C(=O)c1ccc(Cl)cc1. The van der Waals surface area contributed by atoms with E-state index in [9.17, 15) is 10.1 Å².